The summed E-state index contributed by atoms with van der Waals surface area (Å²) in [6, 6.07) is 15.1. The molecule has 2 N–H and O–H groups in total. The summed E-state index contributed by atoms with van der Waals surface area (Å²) in [6.45, 7) is 4.55. The number of rotatable bonds is 2. The van der Waals surface area contributed by atoms with E-state index in [1.807, 2.05) is 24.3 Å². The van der Waals surface area contributed by atoms with Gasteiger partial charge in [-0.25, -0.2) is 0 Å². The van der Waals surface area contributed by atoms with Crippen LogP contribution < -0.4 is 0 Å². The third-order valence-corrected chi connectivity index (χ3v) is 4.95. The molecule has 2 unspecified atom stereocenters. The fourth-order valence-corrected chi connectivity index (χ4v) is 4.01. The molecule has 0 radical (unpaired) electrons. The van der Waals surface area contributed by atoms with Crippen LogP contribution in [0.15, 0.2) is 48.5 Å². The lowest BCUT2D eigenvalue weighted by atomic mass is 9.48. The van der Waals surface area contributed by atoms with Crippen molar-refractivity contribution in [2.75, 3.05) is 0 Å². The summed E-state index contributed by atoms with van der Waals surface area (Å²) >= 11 is 0. The largest absolute Gasteiger partial charge is 0.508 e. The summed E-state index contributed by atoms with van der Waals surface area (Å²) in [6.07, 6.45) is 1.20. The van der Waals surface area contributed by atoms with Crippen LogP contribution in [-0.4, -0.2) is 10.2 Å². The molecular weight excluding hydrogens is 248 g/mol. The molecule has 1 aliphatic rings. The van der Waals surface area contributed by atoms with Gasteiger partial charge in [0.25, 0.3) is 0 Å². The lowest BCUT2D eigenvalue weighted by molar-refractivity contribution is 0.0903. The van der Waals surface area contributed by atoms with E-state index >= 15 is 0 Å². The summed E-state index contributed by atoms with van der Waals surface area (Å²) in [5.41, 5.74) is 2.47. The van der Waals surface area contributed by atoms with Crippen LogP contribution in [0.2, 0.25) is 0 Å². The average molecular weight is 268 g/mol. The van der Waals surface area contributed by atoms with Gasteiger partial charge in [-0.1, -0.05) is 38.1 Å². The highest BCUT2D eigenvalue weighted by molar-refractivity contribution is 5.46. The molecule has 2 atom stereocenters. The monoisotopic (exact) mass is 268 g/mol. The Morgan fingerprint density at radius 1 is 0.750 bits per heavy atom. The number of phenols is 2. The second-order valence-electron chi connectivity index (χ2n) is 6.00. The summed E-state index contributed by atoms with van der Waals surface area (Å²) in [7, 11) is 0. The van der Waals surface area contributed by atoms with Gasteiger partial charge in [-0.15, -0.1) is 0 Å². The molecule has 0 amide bonds. The molecule has 2 heteroatoms. The Balaban J connectivity index is 2.15. The quantitative estimate of drug-likeness (QED) is 0.862. The predicted molar refractivity (Wildman–Crippen MR) is 79.9 cm³/mol. The van der Waals surface area contributed by atoms with Crippen LogP contribution in [-0.2, 0) is 5.41 Å². The zero-order valence-corrected chi connectivity index (χ0v) is 11.9. The third-order valence-electron chi connectivity index (χ3n) is 4.95. The summed E-state index contributed by atoms with van der Waals surface area (Å²) in [5.74, 6) is 1.70. The SMILES string of the molecule is CC1CC(C)C1(c1ccc(O)cc1)c1ccc(O)cc1. The molecule has 0 saturated heterocycles. The Morgan fingerprint density at radius 3 is 1.40 bits per heavy atom. The third kappa shape index (κ3) is 1.71. The van der Waals surface area contributed by atoms with Crippen molar-refractivity contribution in [3.8, 4) is 11.5 Å². The molecule has 1 fully saturated rings. The molecule has 3 rings (SSSR count). The van der Waals surface area contributed by atoms with Gasteiger partial charge in [-0.05, 0) is 53.6 Å². The first-order chi connectivity index (χ1) is 9.55. The maximum Gasteiger partial charge on any atom is 0.115 e. The molecule has 104 valence electrons. The van der Waals surface area contributed by atoms with Gasteiger partial charge < -0.3 is 10.2 Å². The van der Waals surface area contributed by atoms with Gasteiger partial charge >= 0.3 is 0 Å². The molecule has 2 aromatic carbocycles. The zero-order chi connectivity index (χ0) is 14.3. The fraction of sp³-hybridized carbons (Fsp3) is 0.333. The molecule has 0 spiro atoms. The molecule has 1 saturated carbocycles. The molecule has 2 aromatic rings. The molecule has 0 aromatic heterocycles. The van der Waals surface area contributed by atoms with E-state index < -0.39 is 0 Å². The zero-order valence-electron chi connectivity index (χ0n) is 11.9. The number of hydrogen-bond donors (Lipinski definition) is 2. The smallest absolute Gasteiger partial charge is 0.115 e. The van der Waals surface area contributed by atoms with E-state index in [0.717, 1.165) is 0 Å². The summed E-state index contributed by atoms with van der Waals surface area (Å²) in [5, 5.41) is 19.0. The van der Waals surface area contributed by atoms with E-state index in [4.69, 9.17) is 0 Å². The number of hydrogen-bond acceptors (Lipinski definition) is 2. The summed E-state index contributed by atoms with van der Waals surface area (Å²) < 4.78 is 0. The molecule has 0 bridgehead atoms. The molecule has 20 heavy (non-hydrogen) atoms. The minimum Gasteiger partial charge on any atom is -0.508 e. The van der Waals surface area contributed by atoms with Crippen molar-refractivity contribution in [1.82, 2.24) is 0 Å². The van der Waals surface area contributed by atoms with Gasteiger partial charge in [0.1, 0.15) is 11.5 Å². The Hall–Kier alpha value is -1.96. The number of phenolic OH excluding ortho intramolecular Hbond substituents is 2. The van der Waals surface area contributed by atoms with Gasteiger partial charge in [-0.2, -0.15) is 0 Å². The predicted octanol–water partition coefficient (Wildman–Crippen LogP) is 4.06. The Morgan fingerprint density at radius 2 is 1.10 bits per heavy atom. The number of aromatic hydroxyl groups is 2. The van der Waals surface area contributed by atoms with Crippen LogP contribution in [0.25, 0.3) is 0 Å². The van der Waals surface area contributed by atoms with E-state index in [9.17, 15) is 10.2 Å². The molecule has 0 aliphatic heterocycles. The maximum absolute atomic E-state index is 9.52. The van der Waals surface area contributed by atoms with Crippen LogP contribution >= 0.6 is 0 Å². The van der Waals surface area contributed by atoms with Gasteiger partial charge in [0.2, 0.25) is 0 Å². The van der Waals surface area contributed by atoms with Crippen molar-refractivity contribution < 1.29 is 10.2 Å². The van der Waals surface area contributed by atoms with Crippen molar-refractivity contribution >= 4 is 0 Å². The highest BCUT2D eigenvalue weighted by Crippen LogP contribution is 2.57. The molecule has 1 aliphatic carbocycles. The highest BCUT2D eigenvalue weighted by Gasteiger charge is 2.52. The normalized spacial score (nSPS) is 24.1. The van der Waals surface area contributed by atoms with Gasteiger partial charge in [0, 0.05) is 5.41 Å². The average Bonchev–Trinajstić information content (AvgIpc) is 2.43. The van der Waals surface area contributed by atoms with Crippen molar-refractivity contribution in [1.29, 1.82) is 0 Å². The van der Waals surface area contributed by atoms with E-state index in [1.165, 1.54) is 17.5 Å². The Kier molecular flexibility index (Phi) is 2.97. The first-order valence-corrected chi connectivity index (χ1v) is 7.14. The Bertz CT molecular complexity index is 543. The van der Waals surface area contributed by atoms with Gasteiger partial charge in [-0.3, -0.25) is 0 Å². The van der Waals surface area contributed by atoms with Crippen molar-refractivity contribution in [2.45, 2.75) is 25.7 Å². The van der Waals surface area contributed by atoms with E-state index in [2.05, 4.69) is 13.8 Å². The minimum atomic E-state index is -0.0125. The highest BCUT2D eigenvalue weighted by atomic mass is 16.3. The fourth-order valence-electron chi connectivity index (χ4n) is 4.01. The molecule has 0 heterocycles. The van der Waals surface area contributed by atoms with Crippen LogP contribution in [0.3, 0.4) is 0 Å². The van der Waals surface area contributed by atoms with Crippen LogP contribution in [0.1, 0.15) is 31.4 Å². The number of benzene rings is 2. The van der Waals surface area contributed by atoms with Crippen molar-refractivity contribution in [3.05, 3.63) is 59.7 Å². The van der Waals surface area contributed by atoms with Crippen LogP contribution in [0.4, 0.5) is 0 Å². The standard InChI is InChI=1S/C18H20O2/c1-12-11-13(2)18(12,14-3-7-16(19)8-4-14)15-5-9-17(20)10-6-15/h3-10,12-13,19-20H,11H2,1-2H3. The lowest BCUT2D eigenvalue weighted by Crippen LogP contribution is -2.51. The van der Waals surface area contributed by atoms with Crippen molar-refractivity contribution in [3.63, 3.8) is 0 Å². The van der Waals surface area contributed by atoms with E-state index in [-0.39, 0.29) is 5.41 Å². The lowest BCUT2D eigenvalue weighted by Gasteiger charge is -2.55. The van der Waals surface area contributed by atoms with Gasteiger partial charge in [0.15, 0.2) is 0 Å². The Labute approximate surface area is 119 Å². The van der Waals surface area contributed by atoms with E-state index in [1.54, 1.807) is 24.3 Å². The summed E-state index contributed by atoms with van der Waals surface area (Å²) in [4.78, 5) is 0. The molecular formula is C18H20O2. The van der Waals surface area contributed by atoms with Gasteiger partial charge in [0.05, 0.1) is 0 Å². The maximum atomic E-state index is 9.52. The minimum absolute atomic E-state index is 0.0125. The van der Waals surface area contributed by atoms with Crippen LogP contribution in [0, 0.1) is 11.8 Å². The van der Waals surface area contributed by atoms with Crippen LogP contribution in [0.5, 0.6) is 11.5 Å². The second kappa shape index (κ2) is 4.55. The van der Waals surface area contributed by atoms with E-state index in [0.29, 0.717) is 23.3 Å². The first-order valence-electron chi connectivity index (χ1n) is 7.14. The molecule has 2 nitrogen and oxygen atoms in total. The second-order valence-corrected chi connectivity index (χ2v) is 6.00. The topological polar surface area (TPSA) is 40.5 Å². The first kappa shape index (κ1) is 13.0. The van der Waals surface area contributed by atoms with Crippen molar-refractivity contribution in [2.24, 2.45) is 11.8 Å².